The number of fused-ring (bicyclic) bond motifs is 1. The smallest absolute Gasteiger partial charge is 0.467 e. The molecule has 1 aliphatic heterocycles. The van der Waals surface area contributed by atoms with E-state index in [0.29, 0.717) is 16.6 Å². The first-order valence-electron chi connectivity index (χ1n) is 13.3. The van der Waals surface area contributed by atoms with Crippen LogP contribution in [0.5, 0.6) is 0 Å². The van der Waals surface area contributed by atoms with Crippen LogP contribution in [0.25, 0.3) is 10.9 Å². The van der Waals surface area contributed by atoms with Gasteiger partial charge in [0.1, 0.15) is 11.6 Å². The van der Waals surface area contributed by atoms with Crippen molar-refractivity contribution in [3.05, 3.63) is 65.9 Å². The molecule has 0 spiro atoms. The number of methoxy groups -OCH3 is 1. The molecule has 1 fully saturated rings. The summed E-state index contributed by atoms with van der Waals surface area (Å²) in [5.74, 6) is -1.04. The zero-order valence-electron chi connectivity index (χ0n) is 24.4. The molecule has 1 aliphatic rings. The normalized spacial score (nSPS) is 16.9. The summed E-state index contributed by atoms with van der Waals surface area (Å²) in [4.78, 5) is 38.8. The van der Waals surface area contributed by atoms with Gasteiger partial charge in [0.2, 0.25) is 0 Å². The fourth-order valence-corrected chi connectivity index (χ4v) is 4.44. The minimum Gasteiger partial charge on any atom is -0.467 e. The third-order valence-electron chi connectivity index (χ3n) is 7.30. The summed E-state index contributed by atoms with van der Waals surface area (Å²) in [5, 5.41) is 3.55. The van der Waals surface area contributed by atoms with Gasteiger partial charge < -0.3 is 24.1 Å². The topological polar surface area (TPSA) is 105 Å². The number of benzene rings is 2. The van der Waals surface area contributed by atoms with Crippen molar-refractivity contribution in [1.82, 2.24) is 9.88 Å². The van der Waals surface area contributed by atoms with E-state index in [1.807, 2.05) is 45.9 Å². The molecule has 1 aromatic heterocycles. The zero-order valence-corrected chi connectivity index (χ0v) is 24.4. The number of amides is 1. The Morgan fingerprint density at radius 2 is 1.57 bits per heavy atom. The van der Waals surface area contributed by atoms with E-state index in [-0.39, 0.29) is 6.42 Å². The maximum absolute atomic E-state index is 13.2. The van der Waals surface area contributed by atoms with Gasteiger partial charge in [0.25, 0.3) is 5.91 Å². The van der Waals surface area contributed by atoms with Crippen molar-refractivity contribution in [2.24, 2.45) is 0 Å². The van der Waals surface area contributed by atoms with Gasteiger partial charge in [-0.15, -0.1) is 0 Å². The van der Waals surface area contributed by atoms with Gasteiger partial charge in [-0.2, -0.15) is 0 Å². The highest BCUT2D eigenvalue weighted by atomic mass is 16.7. The quantitative estimate of drug-likeness (QED) is 0.363. The zero-order chi connectivity index (χ0) is 29.5. The van der Waals surface area contributed by atoms with Crippen LogP contribution in [0.15, 0.2) is 54.7 Å². The summed E-state index contributed by atoms with van der Waals surface area (Å²) < 4.78 is 24.1. The number of hydrogen-bond donors (Lipinski definition) is 1. The van der Waals surface area contributed by atoms with E-state index in [0.717, 1.165) is 10.8 Å². The molecule has 9 nitrogen and oxygen atoms in total. The van der Waals surface area contributed by atoms with Gasteiger partial charge in [0.15, 0.2) is 0 Å². The molecule has 2 heterocycles. The van der Waals surface area contributed by atoms with Crippen LogP contribution in [0.4, 0.5) is 4.79 Å². The minimum absolute atomic E-state index is 0.112. The Bertz CT molecular complexity index is 1400. The molecule has 1 N–H and O–H groups in total. The van der Waals surface area contributed by atoms with Crippen LogP contribution in [0.3, 0.4) is 0 Å². The average Bonchev–Trinajstić information content (AvgIpc) is 3.35. The van der Waals surface area contributed by atoms with Crippen molar-refractivity contribution in [3.63, 3.8) is 0 Å². The molecular formula is C30H37BN2O7. The Kier molecular flexibility index (Phi) is 7.89. The number of para-hydroxylation sites is 1. The summed E-state index contributed by atoms with van der Waals surface area (Å²) in [5.41, 5.74) is 0.846. The first-order valence-corrected chi connectivity index (χ1v) is 13.3. The summed E-state index contributed by atoms with van der Waals surface area (Å²) in [6, 6.07) is 13.2. The van der Waals surface area contributed by atoms with Gasteiger partial charge in [-0.1, -0.05) is 30.3 Å². The second-order valence-electron chi connectivity index (χ2n) is 12.0. The molecule has 1 amide bonds. The van der Waals surface area contributed by atoms with Crippen molar-refractivity contribution in [2.75, 3.05) is 7.11 Å². The Balaban J connectivity index is 1.54. The molecule has 0 radical (unpaired) electrons. The van der Waals surface area contributed by atoms with Gasteiger partial charge >= 0.3 is 19.2 Å². The lowest BCUT2D eigenvalue weighted by molar-refractivity contribution is -0.142. The average molecular weight is 548 g/mol. The largest absolute Gasteiger partial charge is 0.494 e. The highest BCUT2D eigenvalue weighted by molar-refractivity contribution is 6.62. The summed E-state index contributed by atoms with van der Waals surface area (Å²) in [6.07, 6.45) is 1.22. The Hall–Kier alpha value is -3.63. The van der Waals surface area contributed by atoms with Crippen LogP contribution in [-0.4, -0.2) is 59.6 Å². The number of hydrogen-bond acceptors (Lipinski definition) is 7. The summed E-state index contributed by atoms with van der Waals surface area (Å²) >= 11 is 0. The molecule has 1 unspecified atom stereocenters. The number of carbonyl (C=O) groups is 3. The third-order valence-corrected chi connectivity index (χ3v) is 7.30. The van der Waals surface area contributed by atoms with E-state index in [2.05, 4.69) is 5.32 Å². The van der Waals surface area contributed by atoms with Crippen molar-refractivity contribution in [2.45, 2.75) is 77.7 Å². The number of rotatable bonds is 6. The van der Waals surface area contributed by atoms with E-state index < -0.39 is 47.9 Å². The van der Waals surface area contributed by atoms with Crippen molar-refractivity contribution >= 4 is 41.5 Å². The SMILES string of the molecule is COC(=O)C(Cc1cn(C(=O)OC(C)(C)C)c2ccccc12)NC(=O)c1ccc(B2OC(C)(C)C(C)(C)O2)cc1. The van der Waals surface area contributed by atoms with E-state index in [9.17, 15) is 14.4 Å². The standard InChI is InChI=1S/C30H37BN2O7/c1-28(2,3)38-27(36)33-18-20(22-11-9-10-12-24(22)33)17-23(26(35)37-8)32-25(34)19-13-15-21(16-14-19)31-39-29(4,5)30(6,7)40-31/h9-16,18,23H,17H2,1-8H3,(H,32,34). The van der Waals surface area contributed by atoms with Crippen LogP contribution in [0.1, 0.15) is 64.4 Å². The molecule has 40 heavy (non-hydrogen) atoms. The monoisotopic (exact) mass is 548 g/mol. The number of ether oxygens (including phenoxy) is 2. The number of nitrogens with zero attached hydrogens (tertiary/aromatic N) is 1. The fraction of sp³-hybridized carbons (Fsp3) is 0.433. The first-order chi connectivity index (χ1) is 18.6. The predicted octanol–water partition coefficient (Wildman–Crippen LogP) is 4.24. The lowest BCUT2D eigenvalue weighted by Crippen LogP contribution is -2.43. The van der Waals surface area contributed by atoms with Crippen LogP contribution in [-0.2, 0) is 30.0 Å². The van der Waals surface area contributed by atoms with Crippen LogP contribution < -0.4 is 10.8 Å². The van der Waals surface area contributed by atoms with E-state index >= 15 is 0 Å². The number of esters is 1. The molecule has 0 bridgehead atoms. The van der Waals surface area contributed by atoms with E-state index in [1.54, 1.807) is 57.3 Å². The second kappa shape index (κ2) is 10.7. The molecule has 4 rings (SSSR count). The highest BCUT2D eigenvalue weighted by Crippen LogP contribution is 2.36. The first kappa shape index (κ1) is 29.4. The van der Waals surface area contributed by atoms with Crippen molar-refractivity contribution in [1.29, 1.82) is 0 Å². The molecule has 0 aliphatic carbocycles. The molecule has 212 valence electrons. The summed E-state index contributed by atoms with van der Waals surface area (Å²) in [7, 11) is 0.720. The maximum atomic E-state index is 13.2. The van der Waals surface area contributed by atoms with Crippen LogP contribution in [0.2, 0.25) is 0 Å². The lowest BCUT2D eigenvalue weighted by Gasteiger charge is -2.32. The molecule has 1 atom stereocenters. The summed E-state index contributed by atoms with van der Waals surface area (Å²) in [6.45, 7) is 13.3. The van der Waals surface area contributed by atoms with Crippen LogP contribution in [0, 0.1) is 0 Å². The minimum atomic E-state index is -0.988. The number of aromatic nitrogens is 1. The molecule has 3 aromatic rings. The number of nitrogens with one attached hydrogen (secondary N) is 1. The van der Waals surface area contributed by atoms with Gasteiger partial charge in [0, 0.05) is 23.6 Å². The molecule has 1 saturated heterocycles. The van der Waals surface area contributed by atoms with Crippen LogP contribution >= 0.6 is 0 Å². The van der Waals surface area contributed by atoms with Gasteiger partial charge in [-0.05, 0) is 77.7 Å². The molecule has 0 saturated carbocycles. The van der Waals surface area contributed by atoms with Crippen molar-refractivity contribution in [3.8, 4) is 0 Å². The predicted molar refractivity (Wildman–Crippen MR) is 153 cm³/mol. The van der Waals surface area contributed by atoms with Gasteiger partial charge in [-0.3, -0.25) is 9.36 Å². The van der Waals surface area contributed by atoms with E-state index in [4.69, 9.17) is 18.8 Å². The molecule has 2 aromatic carbocycles. The fourth-order valence-electron chi connectivity index (χ4n) is 4.44. The van der Waals surface area contributed by atoms with Gasteiger partial charge in [-0.25, -0.2) is 9.59 Å². The van der Waals surface area contributed by atoms with Crippen molar-refractivity contribution < 1.29 is 33.2 Å². The Labute approximate surface area is 235 Å². The third kappa shape index (κ3) is 6.08. The molecular weight excluding hydrogens is 511 g/mol. The highest BCUT2D eigenvalue weighted by Gasteiger charge is 2.51. The van der Waals surface area contributed by atoms with E-state index in [1.165, 1.54) is 11.7 Å². The van der Waals surface area contributed by atoms with Gasteiger partial charge in [0.05, 0.1) is 23.8 Å². The lowest BCUT2D eigenvalue weighted by atomic mass is 9.79. The molecule has 10 heteroatoms. The maximum Gasteiger partial charge on any atom is 0.494 e. The Morgan fingerprint density at radius 1 is 0.975 bits per heavy atom. The Morgan fingerprint density at radius 3 is 2.15 bits per heavy atom. The second-order valence-corrected chi connectivity index (χ2v) is 12.0. The number of carbonyl (C=O) groups excluding carboxylic acids is 3.